The quantitative estimate of drug-likeness (QED) is 0.478. The van der Waals surface area contributed by atoms with Crippen molar-refractivity contribution in [1.82, 2.24) is 14.8 Å². The summed E-state index contributed by atoms with van der Waals surface area (Å²) >= 11 is 1.69. The lowest BCUT2D eigenvalue weighted by molar-refractivity contribution is -0.132. The molecular weight excluding hydrogens is 480 g/mol. The van der Waals surface area contributed by atoms with E-state index >= 15 is 0 Å². The topological polar surface area (TPSA) is 56.8 Å². The second-order valence-corrected chi connectivity index (χ2v) is 11.3. The Bertz CT molecular complexity index is 1210. The third-order valence-corrected chi connectivity index (χ3v) is 8.55. The summed E-state index contributed by atoms with van der Waals surface area (Å²) in [6.07, 6.45) is 6.46. The first-order chi connectivity index (χ1) is 18.0. The fourth-order valence-electron chi connectivity index (χ4n) is 5.81. The van der Waals surface area contributed by atoms with Gasteiger partial charge >= 0.3 is 0 Å². The van der Waals surface area contributed by atoms with Crippen LogP contribution in [0.1, 0.15) is 54.3 Å². The van der Waals surface area contributed by atoms with Crippen LogP contribution in [0.3, 0.4) is 0 Å². The van der Waals surface area contributed by atoms with Crippen LogP contribution in [-0.2, 0) is 29.1 Å². The molecule has 2 bridgehead atoms. The molecule has 3 aromatic rings. The van der Waals surface area contributed by atoms with Crippen LogP contribution >= 0.6 is 11.3 Å². The average Bonchev–Trinajstić information content (AvgIpc) is 3.40. The molecular formula is C30H36N4O2S. The molecule has 0 aliphatic carbocycles. The summed E-state index contributed by atoms with van der Waals surface area (Å²) in [7, 11) is 0. The van der Waals surface area contributed by atoms with Gasteiger partial charge in [-0.15, -0.1) is 11.3 Å². The summed E-state index contributed by atoms with van der Waals surface area (Å²) in [6, 6.07) is 16.9. The summed E-state index contributed by atoms with van der Waals surface area (Å²) < 4.78 is 0. The van der Waals surface area contributed by atoms with E-state index < -0.39 is 0 Å². The third-order valence-electron chi connectivity index (χ3n) is 7.78. The molecule has 2 atom stereocenters. The highest BCUT2D eigenvalue weighted by Gasteiger charge is 2.35. The van der Waals surface area contributed by atoms with E-state index in [1.165, 1.54) is 5.56 Å². The molecule has 37 heavy (non-hydrogen) atoms. The van der Waals surface area contributed by atoms with E-state index in [1.54, 1.807) is 18.3 Å². The van der Waals surface area contributed by atoms with Gasteiger partial charge < -0.3 is 9.80 Å². The number of hydrogen-bond donors (Lipinski definition) is 0. The Morgan fingerprint density at radius 1 is 1.03 bits per heavy atom. The first kappa shape index (κ1) is 25.6. The van der Waals surface area contributed by atoms with Crippen molar-refractivity contribution in [3.05, 3.63) is 81.8 Å². The van der Waals surface area contributed by atoms with Crippen molar-refractivity contribution in [2.75, 3.05) is 18.0 Å². The zero-order valence-corrected chi connectivity index (χ0v) is 22.6. The van der Waals surface area contributed by atoms with Crippen molar-refractivity contribution >= 4 is 28.8 Å². The zero-order valence-electron chi connectivity index (χ0n) is 21.8. The van der Waals surface area contributed by atoms with Crippen LogP contribution in [-0.4, -0.2) is 51.8 Å². The second-order valence-electron chi connectivity index (χ2n) is 10.4. The Morgan fingerprint density at radius 3 is 2.57 bits per heavy atom. The Labute approximate surface area is 223 Å². The predicted octanol–water partition coefficient (Wildman–Crippen LogP) is 5.20. The number of aromatic nitrogens is 1. The molecule has 2 amide bonds. The maximum atomic E-state index is 13.8. The van der Waals surface area contributed by atoms with Gasteiger partial charge in [0.25, 0.3) is 0 Å². The van der Waals surface area contributed by atoms with Gasteiger partial charge in [0.15, 0.2) is 0 Å². The minimum absolute atomic E-state index is 0.0445. The number of anilines is 1. The molecule has 2 aromatic carbocycles. The average molecular weight is 517 g/mol. The fourth-order valence-corrected chi connectivity index (χ4v) is 6.44. The maximum Gasteiger partial charge on any atom is 0.227 e. The number of benzene rings is 2. The van der Waals surface area contributed by atoms with Crippen LogP contribution in [0.5, 0.6) is 0 Å². The number of aryl methyl sites for hydroxylation is 1. The maximum absolute atomic E-state index is 13.8. The van der Waals surface area contributed by atoms with Crippen LogP contribution in [0.25, 0.3) is 0 Å². The van der Waals surface area contributed by atoms with E-state index in [0.717, 1.165) is 54.0 Å². The number of hydrogen-bond acceptors (Lipinski definition) is 5. The fraction of sp³-hybridized carbons (Fsp3) is 0.433. The number of carbonyl (C=O) groups is 2. The number of amides is 2. The summed E-state index contributed by atoms with van der Waals surface area (Å²) in [5.41, 5.74) is 4.17. The van der Waals surface area contributed by atoms with Crippen LogP contribution in [0.2, 0.25) is 0 Å². The lowest BCUT2D eigenvalue weighted by Gasteiger charge is -2.43. The summed E-state index contributed by atoms with van der Waals surface area (Å²) in [5.74, 6) is 0.173. The zero-order chi connectivity index (χ0) is 25.8. The molecule has 1 aromatic heterocycles. The molecule has 0 radical (unpaired) electrons. The number of thiazole rings is 1. The minimum atomic E-state index is 0.0445. The van der Waals surface area contributed by atoms with Gasteiger partial charge in [-0.2, -0.15) is 0 Å². The Hall–Kier alpha value is -3.03. The van der Waals surface area contributed by atoms with Crippen LogP contribution < -0.4 is 4.90 Å². The first-order valence-corrected chi connectivity index (χ1v) is 14.2. The van der Waals surface area contributed by atoms with Crippen LogP contribution in [0.4, 0.5) is 5.69 Å². The number of fused-ring (bicyclic) bond motifs is 3. The molecule has 194 valence electrons. The number of nitrogens with zero attached hydrogens (tertiary/aromatic N) is 4. The predicted molar refractivity (Wildman–Crippen MR) is 148 cm³/mol. The summed E-state index contributed by atoms with van der Waals surface area (Å²) in [6.45, 7) is 6.36. The highest BCUT2D eigenvalue weighted by atomic mass is 32.1. The molecule has 0 spiro atoms. The van der Waals surface area contributed by atoms with Gasteiger partial charge in [0.05, 0.1) is 13.0 Å². The summed E-state index contributed by atoms with van der Waals surface area (Å²) in [5, 5.41) is 3.14. The monoisotopic (exact) mass is 516 g/mol. The molecule has 1 fully saturated rings. The molecule has 0 N–H and O–H groups in total. The van der Waals surface area contributed by atoms with Crippen LogP contribution in [0, 0.1) is 6.92 Å². The lowest BCUT2D eigenvalue weighted by Crippen LogP contribution is -2.52. The van der Waals surface area contributed by atoms with Gasteiger partial charge in [-0.25, -0.2) is 4.98 Å². The Morgan fingerprint density at radius 2 is 1.81 bits per heavy atom. The van der Waals surface area contributed by atoms with Gasteiger partial charge in [-0.05, 0) is 43.4 Å². The number of piperidine rings is 1. The third kappa shape index (κ3) is 6.11. The largest absolute Gasteiger partial charge is 0.336 e. The van der Waals surface area contributed by atoms with Crippen molar-refractivity contribution in [2.45, 2.75) is 71.1 Å². The highest BCUT2D eigenvalue weighted by Crippen LogP contribution is 2.32. The molecule has 3 heterocycles. The van der Waals surface area contributed by atoms with E-state index in [2.05, 4.69) is 47.1 Å². The van der Waals surface area contributed by atoms with Crippen molar-refractivity contribution < 1.29 is 9.59 Å². The van der Waals surface area contributed by atoms with Gasteiger partial charge in [-0.1, -0.05) is 54.4 Å². The minimum Gasteiger partial charge on any atom is -0.336 e. The van der Waals surface area contributed by atoms with Crippen molar-refractivity contribution in [1.29, 1.82) is 0 Å². The van der Waals surface area contributed by atoms with E-state index in [4.69, 9.17) is 0 Å². The standard InChI is InChI=1S/C30H36N4O2S/c1-22-10-12-24(13-11-22)18-30(36)32-19-25-6-3-4-9-28(25)33(23(2)35)16-14-26-7-5-8-27(20-32)34(26)21-29-31-15-17-37-29/h3-4,6,9-13,15,17,26-27H,5,7-8,14,16,18-21H2,1-2H3. The molecule has 1 saturated heterocycles. The Kier molecular flexibility index (Phi) is 8.01. The molecule has 2 unspecified atom stereocenters. The van der Waals surface area contributed by atoms with Crippen molar-refractivity contribution in [3.63, 3.8) is 0 Å². The lowest BCUT2D eigenvalue weighted by atomic mass is 9.92. The van der Waals surface area contributed by atoms with Gasteiger partial charge in [0, 0.05) is 55.9 Å². The molecule has 6 nitrogen and oxygen atoms in total. The van der Waals surface area contributed by atoms with Crippen LogP contribution in [0.15, 0.2) is 60.1 Å². The van der Waals surface area contributed by atoms with E-state index in [0.29, 0.717) is 32.1 Å². The molecule has 2 aliphatic heterocycles. The van der Waals surface area contributed by atoms with E-state index in [1.807, 2.05) is 39.6 Å². The highest BCUT2D eigenvalue weighted by molar-refractivity contribution is 7.09. The number of carbonyl (C=O) groups excluding carboxylic acids is 2. The molecule has 2 aliphatic rings. The van der Waals surface area contributed by atoms with E-state index in [-0.39, 0.29) is 17.9 Å². The van der Waals surface area contributed by atoms with Crippen molar-refractivity contribution in [2.24, 2.45) is 0 Å². The van der Waals surface area contributed by atoms with E-state index in [9.17, 15) is 9.59 Å². The second kappa shape index (κ2) is 11.6. The van der Waals surface area contributed by atoms with Gasteiger partial charge in [0.1, 0.15) is 5.01 Å². The first-order valence-electron chi connectivity index (χ1n) is 13.3. The molecule has 5 rings (SSSR count). The smallest absolute Gasteiger partial charge is 0.227 e. The van der Waals surface area contributed by atoms with Gasteiger partial charge in [0.2, 0.25) is 11.8 Å². The number of para-hydroxylation sites is 1. The van der Waals surface area contributed by atoms with Crippen molar-refractivity contribution in [3.8, 4) is 0 Å². The molecule has 7 heteroatoms. The Balaban J connectivity index is 1.51. The normalized spacial score (nSPS) is 20.7. The summed E-state index contributed by atoms with van der Waals surface area (Å²) in [4.78, 5) is 37.7. The number of rotatable bonds is 4. The SMILES string of the molecule is CC(=O)N1CCC2CCCC(CN(C(=O)Cc3ccc(C)cc3)Cc3ccccc31)N2Cc1nccs1. The van der Waals surface area contributed by atoms with Gasteiger partial charge in [-0.3, -0.25) is 14.5 Å². The molecule has 0 saturated carbocycles.